The average molecular weight is 540 g/mol. The van der Waals surface area contributed by atoms with E-state index in [2.05, 4.69) is 25.5 Å². The summed E-state index contributed by atoms with van der Waals surface area (Å²) in [6.07, 6.45) is 6.86. The molecule has 2 bridgehead atoms. The molecular formula is C27H27ClFN5O4. The highest BCUT2D eigenvalue weighted by molar-refractivity contribution is 6.31. The van der Waals surface area contributed by atoms with Crippen LogP contribution in [0.2, 0.25) is 5.02 Å². The average Bonchev–Trinajstić information content (AvgIpc) is 3.66. The van der Waals surface area contributed by atoms with E-state index in [1.807, 2.05) is 6.08 Å². The molecule has 2 aromatic carbocycles. The van der Waals surface area contributed by atoms with Gasteiger partial charge in [-0.05, 0) is 30.7 Å². The molecule has 3 aliphatic heterocycles. The largest absolute Gasteiger partial charge is 0.486 e. The third kappa shape index (κ3) is 5.44. The van der Waals surface area contributed by atoms with Crippen molar-refractivity contribution in [1.29, 1.82) is 0 Å². The Labute approximate surface area is 223 Å². The molecule has 1 aromatic heterocycles. The molecule has 11 heteroatoms. The number of hydrogen-bond donors (Lipinski definition) is 2. The zero-order chi connectivity index (χ0) is 26.1. The Morgan fingerprint density at radius 3 is 2.95 bits per heavy atom. The number of hydrogen-bond acceptors (Lipinski definition) is 8. The fourth-order valence-electron chi connectivity index (χ4n) is 5.05. The Hall–Kier alpha value is -3.31. The van der Waals surface area contributed by atoms with Crippen molar-refractivity contribution in [3.8, 4) is 5.75 Å². The van der Waals surface area contributed by atoms with Crippen molar-refractivity contribution >= 4 is 45.6 Å². The maximum atomic E-state index is 13.6. The van der Waals surface area contributed by atoms with E-state index in [0.717, 1.165) is 26.0 Å². The van der Waals surface area contributed by atoms with Gasteiger partial charge in [0.25, 0.3) is 0 Å². The Kier molecular flexibility index (Phi) is 7.12. The van der Waals surface area contributed by atoms with Crippen LogP contribution < -0.4 is 15.4 Å². The molecule has 198 valence electrons. The Bertz CT molecular complexity index is 1380. The number of carbonyl (C=O) groups is 1. The number of nitrogens with zero attached hydrogens (tertiary/aromatic N) is 3. The first-order valence-corrected chi connectivity index (χ1v) is 13.0. The van der Waals surface area contributed by atoms with E-state index in [4.69, 9.17) is 25.8 Å². The fourth-order valence-corrected chi connectivity index (χ4v) is 5.23. The number of likely N-dealkylation sites (tertiary alicyclic amines) is 1. The van der Waals surface area contributed by atoms with Gasteiger partial charge in [0.15, 0.2) is 0 Å². The minimum atomic E-state index is -0.508. The standard InChI is InChI=1S/C27H27ClFN5O4/c28-21-8-16(3-4-22(21)29)32-27-20-10-24(25(11-23(20)30-15-31-27)38-18-5-7-36-14-18)33-26(35)2-1-6-34-12-19-9-17(34)13-37-19/h1-4,8,10-11,15,17-19H,5-7,9,12-14H2,(H,33,35)(H,30,31,32)/b2-1+/t17-,18+,19-/m0/s1. The number of halogens is 2. The molecule has 3 fully saturated rings. The summed E-state index contributed by atoms with van der Waals surface area (Å²) in [5.74, 6) is 0.198. The van der Waals surface area contributed by atoms with Crippen LogP contribution in [0.4, 0.5) is 21.6 Å². The van der Waals surface area contributed by atoms with Crippen LogP contribution in [-0.2, 0) is 14.3 Å². The van der Waals surface area contributed by atoms with E-state index in [0.29, 0.717) is 65.7 Å². The van der Waals surface area contributed by atoms with Crippen molar-refractivity contribution in [2.45, 2.75) is 31.1 Å². The maximum absolute atomic E-state index is 13.6. The van der Waals surface area contributed by atoms with Crippen molar-refractivity contribution < 1.29 is 23.4 Å². The maximum Gasteiger partial charge on any atom is 0.248 e. The van der Waals surface area contributed by atoms with Gasteiger partial charge in [-0.2, -0.15) is 0 Å². The SMILES string of the molecule is O=C(/C=C/CN1C[C@@H]2C[C@H]1CO2)Nc1cc2c(Nc3ccc(F)c(Cl)c3)ncnc2cc1O[C@@H]1CCOC1. The number of anilines is 3. The fraction of sp³-hybridized carbons (Fsp3) is 0.370. The van der Waals surface area contributed by atoms with Crippen molar-refractivity contribution in [1.82, 2.24) is 14.9 Å². The van der Waals surface area contributed by atoms with Crippen LogP contribution in [0.15, 0.2) is 48.8 Å². The van der Waals surface area contributed by atoms with Crippen LogP contribution >= 0.6 is 11.6 Å². The normalized spacial score (nSPS) is 22.9. The lowest BCUT2D eigenvalue weighted by atomic mass is 10.1. The van der Waals surface area contributed by atoms with Crippen molar-refractivity contribution in [2.75, 3.05) is 43.5 Å². The van der Waals surface area contributed by atoms with Gasteiger partial charge < -0.3 is 24.8 Å². The Morgan fingerprint density at radius 1 is 1.26 bits per heavy atom. The molecule has 0 saturated carbocycles. The van der Waals surface area contributed by atoms with E-state index >= 15 is 0 Å². The molecule has 4 heterocycles. The van der Waals surface area contributed by atoms with Crippen molar-refractivity contribution in [2.24, 2.45) is 0 Å². The van der Waals surface area contributed by atoms with Gasteiger partial charge in [-0.3, -0.25) is 9.69 Å². The minimum absolute atomic E-state index is 0.00291. The van der Waals surface area contributed by atoms with Gasteiger partial charge in [-0.15, -0.1) is 0 Å². The molecule has 6 rings (SSSR count). The molecule has 0 unspecified atom stereocenters. The molecule has 1 amide bonds. The molecule has 3 aromatic rings. The number of fused-ring (bicyclic) bond motifs is 3. The third-order valence-corrected chi connectivity index (χ3v) is 7.27. The number of amides is 1. The summed E-state index contributed by atoms with van der Waals surface area (Å²) in [6.45, 7) is 3.46. The van der Waals surface area contributed by atoms with Crippen molar-refractivity contribution in [3.05, 3.63) is 59.7 Å². The number of benzene rings is 2. The molecule has 3 aliphatic rings. The van der Waals surface area contributed by atoms with Crippen LogP contribution in [0.5, 0.6) is 5.75 Å². The topological polar surface area (TPSA) is 97.8 Å². The first-order chi connectivity index (χ1) is 18.5. The summed E-state index contributed by atoms with van der Waals surface area (Å²) >= 11 is 5.95. The minimum Gasteiger partial charge on any atom is -0.486 e. The first kappa shape index (κ1) is 25.0. The van der Waals surface area contributed by atoms with Crippen LogP contribution in [0.1, 0.15) is 12.8 Å². The molecular weight excluding hydrogens is 513 g/mol. The van der Waals surface area contributed by atoms with Gasteiger partial charge in [0.05, 0.1) is 42.2 Å². The van der Waals surface area contributed by atoms with Gasteiger partial charge in [-0.1, -0.05) is 17.7 Å². The van der Waals surface area contributed by atoms with Crippen LogP contribution in [-0.4, -0.2) is 71.9 Å². The van der Waals surface area contributed by atoms with Crippen LogP contribution in [0, 0.1) is 5.82 Å². The van der Waals surface area contributed by atoms with Gasteiger partial charge in [-0.25, -0.2) is 14.4 Å². The number of nitrogens with one attached hydrogen (secondary N) is 2. The predicted molar refractivity (Wildman–Crippen MR) is 142 cm³/mol. The summed E-state index contributed by atoms with van der Waals surface area (Å²) in [5, 5.41) is 6.76. The molecule has 0 aliphatic carbocycles. The summed E-state index contributed by atoms with van der Waals surface area (Å²) in [7, 11) is 0. The number of carbonyl (C=O) groups excluding carboxylic acids is 1. The van der Waals surface area contributed by atoms with E-state index < -0.39 is 5.82 Å². The smallest absolute Gasteiger partial charge is 0.248 e. The number of ether oxygens (including phenoxy) is 3. The number of rotatable bonds is 8. The number of aromatic nitrogens is 2. The summed E-state index contributed by atoms with van der Waals surface area (Å²) in [6, 6.07) is 8.31. The zero-order valence-electron chi connectivity index (χ0n) is 20.5. The van der Waals surface area contributed by atoms with Crippen LogP contribution in [0.25, 0.3) is 10.9 Å². The predicted octanol–water partition coefficient (Wildman–Crippen LogP) is 4.30. The van der Waals surface area contributed by atoms with Gasteiger partial charge >= 0.3 is 0 Å². The summed E-state index contributed by atoms with van der Waals surface area (Å²) in [5.41, 5.74) is 1.67. The Morgan fingerprint density at radius 2 is 2.18 bits per heavy atom. The highest BCUT2D eigenvalue weighted by Gasteiger charge is 2.38. The summed E-state index contributed by atoms with van der Waals surface area (Å²) in [4.78, 5) is 24.0. The van der Waals surface area contributed by atoms with E-state index in [1.54, 1.807) is 24.3 Å². The third-order valence-electron chi connectivity index (χ3n) is 6.98. The first-order valence-electron chi connectivity index (χ1n) is 12.6. The Balaban J connectivity index is 1.25. The lowest BCUT2D eigenvalue weighted by molar-refractivity contribution is -0.111. The second-order valence-electron chi connectivity index (χ2n) is 9.64. The molecule has 3 saturated heterocycles. The molecule has 38 heavy (non-hydrogen) atoms. The van der Waals surface area contributed by atoms with Crippen LogP contribution in [0.3, 0.4) is 0 Å². The van der Waals surface area contributed by atoms with E-state index in [9.17, 15) is 9.18 Å². The monoisotopic (exact) mass is 539 g/mol. The van der Waals surface area contributed by atoms with Crippen molar-refractivity contribution in [3.63, 3.8) is 0 Å². The summed E-state index contributed by atoms with van der Waals surface area (Å²) < 4.78 is 30.9. The quantitative estimate of drug-likeness (QED) is 0.409. The highest BCUT2D eigenvalue weighted by Crippen LogP contribution is 2.35. The molecule has 2 N–H and O–H groups in total. The van der Waals surface area contributed by atoms with Gasteiger partial charge in [0.2, 0.25) is 5.91 Å². The van der Waals surface area contributed by atoms with Gasteiger partial charge in [0.1, 0.15) is 29.8 Å². The lowest BCUT2D eigenvalue weighted by Crippen LogP contribution is -2.36. The number of morpholine rings is 1. The van der Waals surface area contributed by atoms with E-state index in [-0.39, 0.29) is 17.0 Å². The van der Waals surface area contributed by atoms with E-state index in [1.165, 1.54) is 18.5 Å². The molecule has 3 atom stereocenters. The highest BCUT2D eigenvalue weighted by atomic mass is 35.5. The second-order valence-corrected chi connectivity index (χ2v) is 10.0. The molecule has 0 spiro atoms. The lowest BCUT2D eigenvalue weighted by Gasteiger charge is -2.25. The molecule has 9 nitrogen and oxygen atoms in total. The molecule has 0 radical (unpaired) electrons. The zero-order valence-corrected chi connectivity index (χ0v) is 21.3. The second kappa shape index (κ2) is 10.8. The van der Waals surface area contributed by atoms with Gasteiger partial charge in [0, 0.05) is 48.8 Å².